The van der Waals surface area contributed by atoms with E-state index in [1.54, 1.807) is 6.92 Å². The molecule has 0 saturated carbocycles. The maximum atomic E-state index is 14.0. The van der Waals surface area contributed by atoms with Gasteiger partial charge < -0.3 is 19.7 Å². The number of benzene rings is 3. The van der Waals surface area contributed by atoms with E-state index in [0.717, 1.165) is 27.6 Å². The summed E-state index contributed by atoms with van der Waals surface area (Å²) in [4.78, 5) is 28.4. The summed E-state index contributed by atoms with van der Waals surface area (Å²) in [6, 6.07) is 15.6. The second kappa shape index (κ2) is 12.4. The number of amides is 2. The van der Waals surface area contributed by atoms with Gasteiger partial charge >= 0.3 is 0 Å². The number of ether oxygens (including phenoxy) is 2. The number of carbonyl (C=O) groups excluding carboxylic acids is 2. The number of sulfonamides is 1. The molecule has 224 valence electrons. The molecule has 0 radical (unpaired) electrons. The summed E-state index contributed by atoms with van der Waals surface area (Å²) in [5, 5.41) is 2.89. The maximum absolute atomic E-state index is 14.0. The van der Waals surface area contributed by atoms with Gasteiger partial charge in [-0.3, -0.25) is 13.9 Å². The van der Waals surface area contributed by atoms with E-state index in [9.17, 15) is 22.4 Å². The Hall–Kier alpha value is -4.12. The van der Waals surface area contributed by atoms with E-state index >= 15 is 0 Å². The zero-order valence-corrected chi connectivity index (χ0v) is 25.2. The maximum Gasteiger partial charge on any atom is 0.264 e. The van der Waals surface area contributed by atoms with Crippen molar-refractivity contribution < 1.29 is 31.9 Å². The van der Waals surface area contributed by atoms with Crippen LogP contribution in [0.1, 0.15) is 38.8 Å². The van der Waals surface area contributed by atoms with Crippen molar-refractivity contribution in [3.63, 3.8) is 0 Å². The molecule has 4 rings (SSSR count). The highest BCUT2D eigenvalue weighted by Gasteiger charge is 2.34. The number of halogens is 1. The van der Waals surface area contributed by atoms with Crippen molar-refractivity contribution in [2.45, 2.75) is 57.6 Å². The normalized spacial score (nSPS) is 13.7. The SMILES string of the molecule is Cc1ccc(CN(C(=O)CN(c2ccc(F)cc2)S(=O)(=O)c2ccc3c(c2)OCCO3)C(C)C(=O)NC(C)(C)C)cc1. The number of carbonyl (C=O) groups is 2. The minimum Gasteiger partial charge on any atom is -0.486 e. The number of fused-ring (bicyclic) bond motifs is 1. The third-order valence-electron chi connectivity index (χ3n) is 6.63. The zero-order chi connectivity index (χ0) is 30.7. The molecule has 11 heteroatoms. The van der Waals surface area contributed by atoms with E-state index in [2.05, 4.69) is 5.32 Å². The number of rotatable bonds is 9. The van der Waals surface area contributed by atoms with Crippen molar-refractivity contribution in [1.82, 2.24) is 10.2 Å². The van der Waals surface area contributed by atoms with Gasteiger partial charge in [0.15, 0.2) is 11.5 Å². The summed E-state index contributed by atoms with van der Waals surface area (Å²) in [7, 11) is -4.35. The summed E-state index contributed by atoms with van der Waals surface area (Å²) in [6.45, 7) is 9.08. The Kier molecular flexibility index (Phi) is 9.10. The van der Waals surface area contributed by atoms with Gasteiger partial charge in [0.05, 0.1) is 10.6 Å². The fraction of sp³-hybridized carbons (Fsp3) is 0.355. The van der Waals surface area contributed by atoms with Crippen molar-refractivity contribution in [3.05, 3.63) is 83.7 Å². The lowest BCUT2D eigenvalue weighted by molar-refractivity contribution is -0.140. The molecule has 0 spiro atoms. The zero-order valence-electron chi connectivity index (χ0n) is 24.4. The lowest BCUT2D eigenvalue weighted by Gasteiger charge is -2.33. The minimum absolute atomic E-state index is 0.0686. The van der Waals surface area contributed by atoms with Crippen molar-refractivity contribution in [2.75, 3.05) is 24.1 Å². The first-order valence-electron chi connectivity index (χ1n) is 13.6. The molecular formula is C31H36FN3O6S. The largest absolute Gasteiger partial charge is 0.486 e. The molecule has 3 aromatic rings. The second-order valence-electron chi connectivity index (χ2n) is 11.2. The highest BCUT2D eigenvalue weighted by molar-refractivity contribution is 7.92. The van der Waals surface area contributed by atoms with E-state index in [-0.39, 0.29) is 35.4 Å². The fourth-order valence-electron chi connectivity index (χ4n) is 4.39. The van der Waals surface area contributed by atoms with E-state index in [0.29, 0.717) is 12.4 Å². The molecule has 0 aromatic heterocycles. The van der Waals surface area contributed by atoms with Crippen LogP contribution < -0.4 is 19.1 Å². The predicted molar refractivity (Wildman–Crippen MR) is 157 cm³/mol. The molecule has 1 atom stereocenters. The van der Waals surface area contributed by atoms with Crippen molar-refractivity contribution >= 4 is 27.5 Å². The third-order valence-corrected chi connectivity index (χ3v) is 8.40. The van der Waals surface area contributed by atoms with Crippen LogP contribution in [0.25, 0.3) is 0 Å². The molecule has 0 fully saturated rings. The fourth-order valence-corrected chi connectivity index (χ4v) is 5.82. The first kappa shape index (κ1) is 30.8. The average molecular weight is 598 g/mol. The Morgan fingerprint density at radius 2 is 1.57 bits per heavy atom. The summed E-state index contributed by atoms with van der Waals surface area (Å²) in [6.07, 6.45) is 0. The van der Waals surface area contributed by atoms with E-state index < -0.39 is 39.9 Å². The van der Waals surface area contributed by atoms with Crippen LogP contribution >= 0.6 is 0 Å². The number of hydrogen-bond acceptors (Lipinski definition) is 6. The molecular weight excluding hydrogens is 561 g/mol. The monoisotopic (exact) mass is 597 g/mol. The number of aryl methyl sites for hydroxylation is 1. The van der Waals surface area contributed by atoms with Gasteiger partial charge in [0, 0.05) is 18.2 Å². The van der Waals surface area contributed by atoms with E-state index in [1.165, 1.54) is 35.2 Å². The van der Waals surface area contributed by atoms with Gasteiger partial charge in [-0.2, -0.15) is 0 Å². The molecule has 0 saturated heterocycles. The van der Waals surface area contributed by atoms with Crippen molar-refractivity contribution in [1.29, 1.82) is 0 Å². The summed E-state index contributed by atoms with van der Waals surface area (Å²) in [5.41, 5.74) is 1.34. The molecule has 9 nitrogen and oxygen atoms in total. The van der Waals surface area contributed by atoms with Gasteiger partial charge in [-0.1, -0.05) is 29.8 Å². The van der Waals surface area contributed by atoms with Crippen LogP contribution in [0.5, 0.6) is 11.5 Å². The van der Waals surface area contributed by atoms with Crippen LogP contribution in [-0.2, 0) is 26.2 Å². The summed E-state index contributed by atoms with van der Waals surface area (Å²) < 4.78 is 53.9. The number of nitrogens with zero attached hydrogens (tertiary/aromatic N) is 2. The molecule has 0 aliphatic carbocycles. The Bertz CT molecular complexity index is 1540. The molecule has 1 aliphatic rings. The topological polar surface area (TPSA) is 105 Å². The Morgan fingerprint density at radius 1 is 0.952 bits per heavy atom. The third kappa shape index (κ3) is 7.39. The van der Waals surface area contributed by atoms with E-state index in [4.69, 9.17) is 9.47 Å². The van der Waals surface area contributed by atoms with Crippen molar-refractivity contribution in [3.8, 4) is 11.5 Å². The molecule has 1 heterocycles. The molecule has 3 aromatic carbocycles. The Morgan fingerprint density at radius 3 is 2.19 bits per heavy atom. The second-order valence-corrected chi connectivity index (χ2v) is 13.1. The van der Waals surface area contributed by atoms with Gasteiger partial charge in [-0.25, -0.2) is 12.8 Å². The summed E-state index contributed by atoms with van der Waals surface area (Å²) in [5.74, 6) is -0.882. The molecule has 2 amide bonds. The smallest absolute Gasteiger partial charge is 0.264 e. The van der Waals surface area contributed by atoms with Crippen LogP contribution in [0.2, 0.25) is 0 Å². The first-order valence-corrected chi connectivity index (χ1v) is 15.0. The minimum atomic E-state index is -4.35. The molecule has 0 bridgehead atoms. The Labute approximate surface area is 246 Å². The molecule has 42 heavy (non-hydrogen) atoms. The average Bonchev–Trinajstić information content (AvgIpc) is 2.94. The van der Waals surface area contributed by atoms with Crippen LogP contribution in [0.3, 0.4) is 0 Å². The molecule has 1 unspecified atom stereocenters. The standard InChI is InChI=1S/C31H36FN3O6S/c1-21-6-8-23(9-7-21)19-34(22(2)30(37)33-31(3,4)5)29(36)20-35(25-12-10-24(32)11-13-25)42(38,39)26-14-15-27-28(18-26)41-17-16-40-27/h6-15,18,22H,16-17,19-20H2,1-5H3,(H,33,37). The number of anilines is 1. The lowest BCUT2D eigenvalue weighted by atomic mass is 10.1. The van der Waals surface area contributed by atoms with Crippen LogP contribution in [0, 0.1) is 12.7 Å². The molecule has 1 N–H and O–H groups in total. The van der Waals surface area contributed by atoms with Gasteiger partial charge in [0.25, 0.3) is 10.0 Å². The quantitative estimate of drug-likeness (QED) is 0.391. The first-order chi connectivity index (χ1) is 19.7. The predicted octanol–water partition coefficient (Wildman–Crippen LogP) is 4.43. The molecule has 1 aliphatic heterocycles. The van der Waals surface area contributed by atoms with Gasteiger partial charge in [-0.15, -0.1) is 0 Å². The highest BCUT2D eigenvalue weighted by Crippen LogP contribution is 2.34. The van der Waals surface area contributed by atoms with Gasteiger partial charge in [-0.05, 0) is 76.6 Å². The highest BCUT2D eigenvalue weighted by atomic mass is 32.2. The number of nitrogens with one attached hydrogen (secondary N) is 1. The van der Waals surface area contributed by atoms with Gasteiger partial charge in [0.2, 0.25) is 11.8 Å². The number of hydrogen-bond donors (Lipinski definition) is 1. The van der Waals surface area contributed by atoms with Crippen LogP contribution in [0.15, 0.2) is 71.6 Å². The van der Waals surface area contributed by atoms with Gasteiger partial charge in [0.1, 0.15) is 31.6 Å². The Balaban J connectivity index is 1.72. The van der Waals surface area contributed by atoms with E-state index in [1.807, 2.05) is 52.0 Å². The van der Waals surface area contributed by atoms with Crippen molar-refractivity contribution in [2.24, 2.45) is 0 Å². The summed E-state index contributed by atoms with van der Waals surface area (Å²) >= 11 is 0. The van der Waals surface area contributed by atoms with Crippen LogP contribution in [-0.4, -0.2) is 56.5 Å². The van der Waals surface area contributed by atoms with Crippen LogP contribution in [0.4, 0.5) is 10.1 Å². The lowest BCUT2D eigenvalue weighted by Crippen LogP contribution is -2.54.